The lowest BCUT2D eigenvalue weighted by Crippen LogP contribution is -2.51. The summed E-state index contributed by atoms with van der Waals surface area (Å²) in [5.41, 5.74) is 1.96. The number of carbonyl (C=O) groups excluding carboxylic acids is 1. The van der Waals surface area contributed by atoms with Crippen LogP contribution in [0.3, 0.4) is 0 Å². The van der Waals surface area contributed by atoms with E-state index in [0.29, 0.717) is 5.69 Å². The zero-order valence-electron chi connectivity index (χ0n) is 11.5. The second-order valence-electron chi connectivity index (χ2n) is 5.43. The fraction of sp³-hybridized carbons (Fsp3) is 0.400. The highest BCUT2D eigenvalue weighted by Crippen LogP contribution is 2.39. The van der Waals surface area contributed by atoms with E-state index in [2.05, 4.69) is 0 Å². The van der Waals surface area contributed by atoms with Crippen LogP contribution in [-0.4, -0.2) is 16.8 Å². The summed E-state index contributed by atoms with van der Waals surface area (Å²) in [6.45, 7) is 7.43. The second kappa shape index (κ2) is 4.64. The first-order valence-electron chi connectivity index (χ1n) is 6.21. The molecule has 0 bridgehead atoms. The summed E-state index contributed by atoms with van der Waals surface area (Å²) >= 11 is 5.93. The smallest absolute Gasteiger partial charge is 0.245 e. The summed E-state index contributed by atoms with van der Waals surface area (Å²) in [4.78, 5) is 13.9. The van der Waals surface area contributed by atoms with E-state index in [9.17, 15) is 9.18 Å². The normalized spacial score (nSPS) is 18.6. The molecule has 1 amide bonds. The number of hydrogen-bond donors (Lipinski definition) is 0. The fourth-order valence-corrected chi connectivity index (χ4v) is 2.68. The van der Waals surface area contributed by atoms with Gasteiger partial charge in [0.05, 0.1) is 11.2 Å². The Kier molecular flexibility index (Phi) is 3.43. The van der Waals surface area contributed by atoms with E-state index in [1.54, 1.807) is 17.9 Å². The Morgan fingerprint density at radius 1 is 1.42 bits per heavy atom. The third-order valence-corrected chi connectivity index (χ3v) is 3.52. The standard InChI is InChI=1S/C15H17ClFNO/c1-9-8-15(3,4)18(14(19)10(2)16)13-7-11(17)5-6-12(9)13/h5-8,10H,1-4H3. The van der Waals surface area contributed by atoms with Gasteiger partial charge in [-0.1, -0.05) is 6.08 Å². The van der Waals surface area contributed by atoms with Crippen LogP contribution < -0.4 is 4.90 Å². The summed E-state index contributed by atoms with van der Waals surface area (Å²) in [7, 11) is 0. The molecule has 0 saturated carbocycles. The van der Waals surface area contributed by atoms with Gasteiger partial charge in [-0.2, -0.15) is 0 Å². The molecule has 2 nitrogen and oxygen atoms in total. The van der Waals surface area contributed by atoms with Crippen LogP contribution in [0.25, 0.3) is 5.57 Å². The van der Waals surface area contributed by atoms with Gasteiger partial charge in [-0.15, -0.1) is 11.6 Å². The summed E-state index contributed by atoms with van der Waals surface area (Å²) in [6, 6.07) is 4.50. The van der Waals surface area contributed by atoms with Gasteiger partial charge in [0.1, 0.15) is 11.2 Å². The van der Waals surface area contributed by atoms with Gasteiger partial charge in [0.2, 0.25) is 5.91 Å². The molecule has 0 fully saturated rings. The van der Waals surface area contributed by atoms with Crippen molar-refractivity contribution in [3.05, 3.63) is 35.7 Å². The van der Waals surface area contributed by atoms with Crippen LogP contribution in [0.1, 0.15) is 33.3 Å². The van der Waals surface area contributed by atoms with E-state index in [4.69, 9.17) is 11.6 Å². The first-order valence-corrected chi connectivity index (χ1v) is 6.65. The van der Waals surface area contributed by atoms with Gasteiger partial charge >= 0.3 is 0 Å². The summed E-state index contributed by atoms with van der Waals surface area (Å²) in [6.07, 6.45) is 2.00. The van der Waals surface area contributed by atoms with Crippen LogP contribution in [0.4, 0.5) is 10.1 Å². The molecule has 2 rings (SSSR count). The molecule has 0 spiro atoms. The lowest BCUT2D eigenvalue weighted by atomic mass is 9.88. The summed E-state index contributed by atoms with van der Waals surface area (Å²) < 4.78 is 13.5. The van der Waals surface area contributed by atoms with Crippen molar-refractivity contribution >= 4 is 28.8 Å². The van der Waals surface area contributed by atoms with E-state index < -0.39 is 10.9 Å². The monoisotopic (exact) mass is 281 g/mol. The lowest BCUT2D eigenvalue weighted by Gasteiger charge is -2.42. The van der Waals surface area contributed by atoms with Crippen molar-refractivity contribution in [2.45, 2.75) is 38.6 Å². The highest BCUT2D eigenvalue weighted by Gasteiger charge is 2.37. The topological polar surface area (TPSA) is 20.3 Å². The van der Waals surface area contributed by atoms with Crippen molar-refractivity contribution in [2.75, 3.05) is 4.90 Å². The molecule has 1 aromatic carbocycles. The molecule has 0 aliphatic carbocycles. The Labute approximate surface area is 117 Å². The van der Waals surface area contributed by atoms with Gasteiger partial charge in [-0.25, -0.2) is 4.39 Å². The Morgan fingerprint density at radius 2 is 2.05 bits per heavy atom. The number of rotatable bonds is 1. The molecule has 0 saturated heterocycles. The Hall–Kier alpha value is -1.35. The largest absolute Gasteiger partial charge is 0.301 e. The first kappa shape index (κ1) is 14.1. The number of nitrogens with zero attached hydrogens (tertiary/aromatic N) is 1. The zero-order chi connectivity index (χ0) is 14.4. The number of alkyl halides is 1. The van der Waals surface area contributed by atoms with Gasteiger partial charge in [0, 0.05) is 5.56 Å². The van der Waals surface area contributed by atoms with Gasteiger partial charge < -0.3 is 4.90 Å². The van der Waals surface area contributed by atoms with Crippen LogP contribution in [0.5, 0.6) is 0 Å². The number of fused-ring (bicyclic) bond motifs is 1. The average Bonchev–Trinajstić information content (AvgIpc) is 2.26. The highest BCUT2D eigenvalue weighted by molar-refractivity contribution is 6.33. The maximum Gasteiger partial charge on any atom is 0.245 e. The SMILES string of the molecule is CC1=CC(C)(C)N(C(=O)C(C)Cl)c2cc(F)ccc21. The molecule has 102 valence electrons. The number of hydrogen-bond acceptors (Lipinski definition) is 1. The minimum absolute atomic E-state index is 0.220. The van der Waals surface area contributed by atoms with Crippen LogP contribution >= 0.6 is 11.6 Å². The van der Waals surface area contributed by atoms with Crippen molar-refractivity contribution in [3.8, 4) is 0 Å². The number of halogens is 2. The highest BCUT2D eigenvalue weighted by atomic mass is 35.5. The van der Waals surface area contributed by atoms with Crippen LogP contribution in [0.2, 0.25) is 0 Å². The third kappa shape index (κ3) is 2.39. The van der Waals surface area contributed by atoms with Crippen molar-refractivity contribution < 1.29 is 9.18 Å². The number of carbonyl (C=O) groups is 1. The number of amides is 1. The maximum absolute atomic E-state index is 13.5. The Bertz CT molecular complexity index is 563. The lowest BCUT2D eigenvalue weighted by molar-refractivity contribution is -0.118. The minimum atomic E-state index is -0.651. The van der Waals surface area contributed by atoms with Crippen molar-refractivity contribution in [3.63, 3.8) is 0 Å². The summed E-state index contributed by atoms with van der Waals surface area (Å²) in [5.74, 6) is -0.577. The number of allylic oxidation sites excluding steroid dienone is 1. The molecule has 1 unspecified atom stereocenters. The van der Waals surface area contributed by atoms with E-state index in [0.717, 1.165) is 11.1 Å². The van der Waals surface area contributed by atoms with Gasteiger partial charge in [-0.3, -0.25) is 4.79 Å². The predicted molar refractivity (Wildman–Crippen MR) is 76.9 cm³/mol. The second-order valence-corrected chi connectivity index (χ2v) is 6.09. The average molecular weight is 282 g/mol. The quantitative estimate of drug-likeness (QED) is 0.713. The molecule has 0 N–H and O–H groups in total. The molecule has 4 heteroatoms. The summed E-state index contributed by atoms with van der Waals surface area (Å²) in [5, 5.41) is -0.651. The van der Waals surface area contributed by atoms with Crippen LogP contribution in [0.15, 0.2) is 24.3 Å². The number of benzene rings is 1. The van der Waals surface area contributed by atoms with Crippen LogP contribution in [-0.2, 0) is 4.79 Å². The van der Waals surface area contributed by atoms with Gasteiger partial charge in [0.25, 0.3) is 0 Å². The molecule has 0 aromatic heterocycles. The van der Waals surface area contributed by atoms with Gasteiger partial charge in [0.15, 0.2) is 0 Å². The minimum Gasteiger partial charge on any atom is -0.301 e. The third-order valence-electron chi connectivity index (χ3n) is 3.33. The molecular formula is C15H17ClFNO. The van der Waals surface area contributed by atoms with Gasteiger partial charge in [-0.05, 0) is 51.5 Å². The van der Waals surface area contributed by atoms with Crippen molar-refractivity contribution in [1.82, 2.24) is 0 Å². The molecule has 1 aromatic rings. The number of anilines is 1. The van der Waals surface area contributed by atoms with E-state index in [1.165, 1.54) is 12.1 Å². The Balaban J connectivity index is 2.66. The molecule has 1 heterocycles. The van der Waals surface area contributed by atoms with E-state index in [-0.39, 0.29) is 11.7 Å². The molecule has 1 aliphatic heterocycles. The van der Waals surface area contributed by atoms with Crippen molar-refractivity contribution in [1.29, 1.82) is 0 Å². The molecule has 19 heavy (non-hydrogen) atoms. The van der Waals surface area contributed by atoms with Crippen molar-refractivity contribution in [2.24, 2.45) is 0 Å². The van der Waals surface area contributed by atoms with E-state index >= 15 is 0 Å². The molecule has 1 atom stereocenters. The van der Waals surface area contributed by atoms with Crippen LogP contribution in [0, 0.1) is 5.82 Å². The predicted octanol–water partition coefficient (Wildman–Crippen LogP) is 3.98. The zero-order valence-corrected chi connectivity index (χ0v) is 12.3. The fourth-order valence-electron chi connectivity index (χ4n) is 2.59. The molecular weight excluding hydrogens is 265 g/mol. The van der Waals surface area contributed by atoms with E-state index in [1.807, 2.05) is 26.8 Å². The molecule has 0 radical (unpaired) electrons. The Morgan fingerprint density at radius 3 is 2.63 bits per heavy atom. The maximum atomic E-state index is 13.5. The molecule has 1 aliphatic rings. The first-order chi connectivity index (χ1) is 8.74.